The van der Waals surface area contributed by atoms with Crippen LogP contribution >= 0.6 is 0 Å². The van der Waals surface area contributed by atoms with E-state index in [2.05, 4.69) is 30.5 Å². The van der Waals surface area contributed by atoms with Crippen LogP contribution in [0.4, 0.5) is 32.3 Å². The number of hydrogen-bond acceptors (Lipinski definition) is 7. The summed E-state index contributed by atoms with van der Waals surface area (Å²) in [4.78, 5) is 18.6. The Morgan fingerprint density at radius 3 is 2.39 bits per heavy atom. The Labute approximate surface area is 166 Å². The van der Waals surface area contributed by atoms with Gasteiger partial charge in [-0.05, 0) is 12.1 Å². The Morgan fingerprint density at radius 2 is 1.74 bits per heavy atom. The SMILES string of the molecule is Nc1nc(C(F)(F)F)cc(=O)n1Cc1cn(-c2n[nH]c3nc(C(F)(F)F)ccc23)nn1. The van der Waals surface area contributed by atoms with Gasteiger partial charge in [-0.3, -0.25) is 14.5 Å². The van der Waals surface area contributed by atoms with Gasteiger partial charge in [-0.15, -0.1) is 5.10 Å². The number of pyridine rings is 1. The van der Waals surface area contributed by atoms with Crippen molar-refractivity contribution in [2.24, 2.45) is 0 Å². The van der Waals surface area contributed by atoms with E-state index in [0.717, 1.165) is 21.4 Å². The van der Waals surface area contributed by atoms with E-state index < -0.39 is 35.2 Å². The minimum Gasteiger partial charge on any atom is -0.369 e. The highest BCUT2D eigenvalue weighted by atomic mass is 19.4. The van der Waals surface area contributed by atoms with E-state index in [0.29, 0.717) is 6.07 Å². The molecule has 10 nitrogen and oxygen atoms in total. The molecule has 0 aliphatic rings. The van der Waals surface area contributed by atoms with E-state index in [9.17, 15) is 31.1 Å². The molecule has 0 fully saturated rings. The van der Waals surface area contributed by atoms with Gasteiger partial charge >= 0.3 is 12.4 Å². The summed E-state index contributed by atoms with van der Waals surface area (Å²) in [5, 5.41) is 14.0. The maximum atomic E-state index is 12.8. The van der Waals surface area contributed by atoms with Gasteiger partial charge in [-0.1, -0.05) is 5.21 Å². The van der Waals surface area contributed by atoms with E-state index in [1.165, 1.54) is 6.20 Å². The second kappa shape index (κ2) is 6.78. The molecule has 4 heterocycles. The number of aromatic nitrogens is 8. The second-order valence-electron chi connectivity index (χ2n) is 6.21. The summed E-state index contributed by atoms with van der Waals surface area (Å²) in [6, 6.07) is 2.22. The fraction of sp³-hybridized carbons (Fsp3) is 0.200. The molecule has 0 bridgehead atoms. The predicted molar refractivity (Wildman–Crippen MR) is 90.8 cm³/mol. The van der Waals surface area contributed by atoms with Crippen LogP contribution in [0.5, 0.6) is 0 Å². The lowest BCUT2D eigenvalue weighted by Crippen LogP contribution is -2.27. The van der Waals surface area contributed by atoms with Gasteiger partial charge in [-0.25, -0.2) is 9.97 Å². The van der Waals surface area contributed by atoms with Gasteiger partial charge in [0.15, 0.2) is 17.2 Å². The van der Waals surface area contributed by atoms with Crippen molar-refractivity contribution in [2.45, 2.75) is 18.9 Å². The fourth-order valence-corrected chi connectivity index (χ4v) is 2.69. The molecule has 0 aliphatic heterocycles. The third-order valence-corrected chi connectivity index (χ3v) is 4.10. The van der Waals surface area contributed by atoms with Crippen molar-refractivity contribution in [1.82, 2.24) is 39.7 Å². The van der Waals surface area contributed by atoms with Crippen LogP contribution in [0, 0.1) is 0 Å². The average molecular weight is 445 g/mol. The first-order valence-corrected chi connectivity index (χ1v) is 8.22. The predicted octanol–water partition coefficient (Wildman–Crippen LogP) is 1.76. The van der Waals surface area contributed by atoms with Gasteiger partial charge in [0.1, 0.15) is 11.4 Å². The lowest BCUT2D eigenvalue weighted by Gasteiger charge is -2.10. The Balaban J connectivity index is 1.65. The molecule has 0 aliphatic carbocycles. The van der Waals surface area contributed by atoms with E-state index >= 15 is 0 Å². The van der Waals surface area contributed by atoms with Gasteiger partial charge in [-0.2, -0.15) is 36.1 Å². The summed E-state index contributed by atoms with van der Waals surface area (Å²) in [7, 11) is 0. The van der Waals surface area contributed by atoms with Crippen LogP contribution in [0.15, 0.2) is 29.2 Å². The van der Waals surface area contributed by atoms with Gasteiger partial charge in [0, 0.05) is 6.07 Å². The van der Waals surface area contributed by atoms with Crippen molar-refractivity contribution in [3.05, 3.63) is 51.8 Å². The van der Waals surface area contributed by atoms with Crippen LogP contribution in [-0.4, -0.2) is 39.7 Å². The van der Waals surface area contributed by atoms with Crippen LogP contribution in [-0.2, 0) is 18.9 Å². The van der Waals surface area contributed by atoms with Gasteiger partial charge < -0.3 is 5.73 Å². The normalized spacial score (nSPS) is 12.6. The summed E-state index contributed by atoms with van der Waals surface area (Å²) < 4.78 is 78.3. The number of nitrogens with two attached hydrogens (primary N) is 1. The maximum Gasteiger partial charge on any atom is 0.433 e. The number of nitrogens with zero attached hydrogens (tertiary/aromatic N) is 7. The van der Waals surface area contributed by atoms with E-state index in [-0.39, 0.29) is 29.1 Å². The second-order valence-corrected chi connectivity index (χ2v) is 6.21. The number of aromatic amines is 1. The largest absolute Gasteiger partial charge is 0.433 e. The highest BCUT2D eigenvalue weighted by molar-refractivity contribution is 5.82. The number of halogens is 6. The third kappa shape index (κ3) is 3.78. The quantitative estimate of drug-likeness (QED) is 0.459. The minimum absolute atomic E-state index is 0.0702. The third-order valence-electron chi connectivity index (χ3n) is 4.10. The topological polar surface area (TPSA) is 133 Å². The van der Waals surface area contributed by atoms with Crippen LogP contribution in [0.3, 0.4) is 0 Å². The van der Waals surface area contributed by atoms with E-state index in [4.69, 9.17) is 5.73 Å². The molecule has 3 N–H and O–H groups in total. The molecule has 0 aromatic carbocycles. The Bertz CT molecular complexity index is 1330. The lowest BCUT2D eigenvalue weighted by atomic mass is 10.3. The first-order valence-electron chi connectivity index (χ1n) is 8.22. The summed E-state index contributed by atoms with van der Waals surface area (Å²) in [5.41, 5.74) is 1.84. The lowest BCUT2D eigenvalue weighted by molar-refractivity contribution is -0.141. The number of nitrogen functional groups attached to an aromatic ring is 1. The molecule has 31 heavy (non-hydrogen) atoms. The highest BCUT2D eigenvalue weighted by Crippen LogP contribution is 2.30. The summed E-state index contributed by atoms with van der Waals surface area (Å²) >= 11 is 0. The summed E-state index contributed by atoms with van der Waals surface area (Å²) in [6.45, 7) is -0.353. The molecule has 4 aromatic heterocycles. The maximum absolute atomic E-state index is 12.8. The molecule has 0 atom stereocenters. The van der Waals surface area contributed by atoms with Crippen molar-refractivity contribution < 1.29 is 26.3 Å². The monoisotopic (exact) mass is 445 g/mol. The standard InChI is InChI=1S/C15H9F6N9O/c16-14(17,18)8-2-1-7-11(23-8)26-27-12(7)30-5-6(25-28-30)4-29-10(31)3-9(15(19,20)21)24-13(29)22/h1-3,5H,4H2,(H2,22,24)(H,23,26,27). The first kappa shape index (κ1) is 20.3. The molecular weight excluding hydrogens is 436 g/mol. The van der Waals surface area contributed by atoms with Crippen molar-refractivity contribution in [3.8, 4) is 5.82 Å². The number of alkyl halides is 6. The first-order chi connectivity index (χ1) is 14.4. The van der Waals surface area contributed by atoms with Crippen LogP contribution in [0.25, 0.3) is 16.9 Å². The van der Waals surface area contributed by atoms with Crippen LogP contribution < -0.4 is 11.3 Å². The van der Waals surface area contributed by atoms with Gasteiger partial charge in [0.25, 0.3) is 5.56 Å². The molecule has 0 saturated heterocycles. The zero-order chi connectivity index (χ0) is 22.6. The fourth-order valence-electron chi connectivity index (χ4n) is 2.69. The molecule has 0 spiro atoms. The number of H-pyrrole nitrogens is 1. The Kier molecular flexibility index (Phi) is 4.44. The zero-order valence-corrected chi connectivity index (χ0v) is 14.9. The van der Waals surface area contributed by atoms with Gasteiger partial charge in [0.05, 0.1) is 18.1 Å². The molecule has 4 aromatic rings. The molecule has 4 rings (SSSR count). The smallest absolute Gasteiger partial charge is 0.369 e. The van der Waals surface area contributed by atoms with Crippen LogP contribution in [0.1, 0.15) is 17.1 Å². The van der Waals surface area contributed by atoms with Crippen molar-refractivity contribution in [3.63, 3.8) is 0 Å². The van der Waals surface area contributed by atoms with E-state index in [1.54, 1.807) is 0 Å². The van der Waals surface area contributed by atoms with E-state index in [1.807, 2.05) is 0 Å². The number of rotatable bonds is 3. The molecule has 162 valence electrons. The molecular formula is C15H9F6N9O. The number of hydrogen-bond donors (Lipinski definition) is 2. The number of nitrogens with one attached hydrogen (secondary N) is 1. The molecule has 0 saturated carbocycles. The Hall–Kier alpha value is -3.98. The minimum atomic E-state index is -4.84. The Morgan fingerprint density at radius 1 is 1.03 bits per heavy atom. The molecule has 0 amide bonds. The molecule has 0 unspecified atom stereocenters. The summed E-state index contributed by atoms with van der Waals surface area (Å²) in [6.07, 6.45) is -8.20. The number of anilines is 1. The average Bonchev–Trinajstić information content (AvgIpc) is 3.29. The molecule has 16 heteroatoms. The number of fused-ring (bicyclic) bond motifs is 1. The summed E-state index contributed by atoms with van der Waals surface area (Å²) in [5.74, 6) is -0.607. The molecule has 0 radical (unpaired) electrons. The van der Waals surface area contributed by atoms with Crippen molar-refractivity contribution >= 4 is 17.0 Å². The van der Waals surface area contributed by atoms with Crippen LogP contribution in [0.2, 0.25) is 0 Å². The van der Waals surface area contributed by atoms with Crippen molar-refractivity contribution in [1.29, 1.82) is 0 Å². The zero-order valence-electron chi connectivity index (χ0n) is 14.9. The van der Waals surface area contributed by atoms with Gasteiger partial charge in [0.2, 0.25) is 5.95 Å². The highest BCUT2D eigenvalue weighted by Gasteiger charge is 2.34. The van der Waals surface area contributed by atoms with Crippen molar-refractivity contribution in [2.75, 3.05) is 5.73 Å².